The smallest absolute Gasteiger partial charge is 0.311 e. The van der Waals surface area contributed by atoms with Gasteiger partial charge in [-0.2, -0.15) is 0 Å². The van der Waals surface area contributed by atoms with Crippen LogP contribution in [0.5, 0.6) is 5.75 Å². The Labute approximate surface area is 161 Å². The molecular formula is C20H20N2O6. The van der Waals surface area contributed by atoms with Crippen LogP contribution in [0.3, 0.4) is 0 Å². The Morgan fingerprint density at radius 2 is 1.93 bits per heavy atom. The molecule has 2 aromatic rings. The molecule has 1 aliphatic heterocycles. The molecule has 1 amide bonds. The van der Waals surface area contributed by atoms with E-state index < -0.39 is 16.8 Å². The molecule has 8 nitrogen and oxygen atoms in total. The lowest BCUT2D eigenvalue weighted by molar-refractivity contribution is -0.384. The van der Waals surface area contributed by atoms with Gasteiger partial charge >= 0.3 is 5.97 Å². The maximum absolute atomic E-state index is 12.4. The highest BCUT2D eigenvalue weighted by atomic mass is 16.6. The van der Waals surface area contributed by atoms with Gasteiger partial charge in [-0.3, -0.25) is 19.7 Å². The van der Waals surface area contributed by atoms with Gasteiger partial charge in [0.1, 0.15) is 12.4 Å². The highest BCUT2D eigenvalue weighted by Crippen LogP contribution is 2.33. The van der Waals surface area contributed by atoms with Crippen molar-refractivity contribution in [3.8, 4) is 5.75 Å². The second-order valence-electron chi connectivity index (χ2n) is 6.34. The predicted molar refractivity (Wildman–Crippen MR) is 101 cm³/mol. The molecule has 1 aliphatic rings. The normalized spacial score (nSPS) is 16.1. The fraction of sp³-hybridized carbons (Fsp3) is 0.300. The van der Waals surface area contributed by atoms with Gasteiger partial charge in [0.2, 0.25) is 5.91 Å². The van der Waals surface area contributed by atoms with Crippen LogP contribution in [0.4, 0.5) is 11.4 Å². The van der Waals surface area contributed by atoms with Crippen molar-refractivity contribution < 1.29 is 24.0 Å². The lowest BCUT2D eigenvalue weighted by Gasteiger charge is -2.20. The summed E-state index contributed by atoms with van der Waals surface area (Å²) in [7, 11) is 0. The molecule has 1 atom stereocenters. The summed E-state index contributed by atoms with van der Waals surface area (Å²) in [5.41, 5.74) is 1.25. The van der Waals surface area contributed by atoms with Gasteiger partial charge in [0, 0.05) is 25.1 Å². The van der Waals surface area contributed by atoms with Gasteiger partial charge in [0.25, 0.3) is 5.69 Å². The molecule has 0 saturated carbocycles. The number of nitro groups is 1. The van der Waals surface area contributed by atoms with E-state index in [1.54, 1.807) is 17.0 Å². The minimum absolute atomic E-state index is 0.00293. The molecule has 8 heteroatoms. The molecule has 3 rings (SSSR count). The number of carbonyl (C=O) groups is 2. The van der Waals surface area contributed by atoms with Gasteiger partial charge in [0.15, 0.2) is 0 Å². The molecule has 1 unspecified atom stereocenters. The summed E-state index contributed by atoms with van der Waals surface area (Å²) < 4.78 is 10.9. The van der Waals surface area contributed by atoms with Crippen LogP contribution in [0, 0.1) is 16.0 Å². The number of para-hydroxylation sites is 2. The summed E-state index contributed by atoms with van der Waals surface area (Å²) in [6.45, 7) is 2.56. The van der Waals surface area contributed by atoms with Gasteiger partial charge in [-0.25, -0.2) is 0 Å². The van der Waals surface area contributed by atoms with Crippen LogP contribution in [0.25, 0.3) is 0 Å². The third-order valence-electron chi connectivity index (χ3n) is 4.44. The number of non-ortho nitro benzene ring substituents is 1. The second kappa shape index (κ2) is 8.51. The Kier molecular flexibility index (Phi) is 5.88. The molecule has 1 heterocycles. The number of nitrogens with zero attached hydrogens (tertiary/aromatic N) is 2. The Morgan fingerprint density at radius 1 is 1.21 bits per heavy atom. The van der Waals surface area contributed by atoms with E-state index in [2.05, 4.69) is 0 Å². The molecule has 1 fully saturated rings. The van der Waals surface area contributed by atoms with Crippen LogP contribution >= 0.6 is 0 Å². The molecule has 28 heavy (non-hydrogen) atoms. The van der Waals surface area contributed by atoms with Crippen molar-refractivity contribution in [3.05, 3.63) is 64.2 Å². The van der Waals surface area contributed by atoms with Crippen LogP contribution in [0.15, 0.2) is 48.5 Å². The monoisotopic (exact) mass is 384 g/mol. The topological polar surface area (TPSA) is 99.0 Å². The Balaban J connectivity index is 1.61. The van der Waals surface area contributed by atoms with E-state index in [0.29, 0.717) is 23.6 Å². The summed E-state index contributed by atoms with van der Waals surface area (Å²) in [6.07, 6.45) is 0.0690. The number of hydrogen-bond donors (Lipinski definition) is 0. The number of esters is 1. The summed E-state index contributed by atoms with van der Waals surface area (Å²) in [5, 5.41) is 10.7. The maximum Gasteiger partial charge on any atom is 0.311 e. The highest BCUT2D eigenvalue weighted by molar-refractivity contribution is 6.00. The molecule has 0 N–H and O–H groups in total. The first-order valence-electron chi connectivity index (χ1n) is 8.91. The minimum Gasteiger partial charge on any atom is -0.492 e. The van der Waals surface area contributed by atoms with Crippen molar-refractivity contribution in [2.75, 3.05) is 18.1 Å². The summed E-state index contributed by atoms with van der Waals surface area (Å²) in [4.78, 5) is 36.5. The molecule has 146 valence electrons. The predicted octanol–water partition coefficient (Wildman–Crippen LogP) is 3.09. The largest absolute Gasteiger partial charge is 0.492 e. The number of hydrogen-bond acceptors (Lipinski definition) is 6. The van der Waals surface area contributed by atoms with Crippen LogP contribution in [0.1, 0.15) is 18.9 Å². The van der Waals surface area contributed by atoms with Gasteiger partial charge < -0.3 is 14.4 Å². The molecule has 0 aromatic heterocycles. The number of carbonyl (C=O) groups excluding carboxylic acids is 2. The van der Waals surface area contributed by atoms with E-state index in [0.717, 1.165) is 0 Å². The van der Waals surface area contributed by atoms with Crippen LogP contribution in [-0.2, 0) is 20.9 Å². The molecule has 0 spiro atoms. The number of amides is 1. The first-order chi connectivity index (χ1) is 13.5. The van der Waals surface area contributed by atoms with E-state index in [4.69, 9.17) is 9.47 Å². The maximum atomic E-state index is 12.4. The average molecular weight is 384 g/mol. The van der Waals surface area contributed by atoms with Gasteiger partial charge in [-0.15, -0.1) is 0 Å². The third-order valence-corrected chi connectivity index (χ3v) is 4.44. The average Bonchev–Trinajstić information content (AvgIpc) is 3.09. The van der Waals surface area contributed by atoms with Crippen molar-refractivity contribution >= 4 is 23.3 Å². The first kappa shape index (κ1) is 19.3. The van der Waals surface area contributed by atoms with Crippen molar-refractivity contribution in [2.45, 2.75) is 20.0 Å². The van der Waals surface area contributed by atoms with Crippen molar-refractivity contribution in [1.29, 1.82) is 0 Å². The van der Waals surface area contributed by atoms with Gasteiger partial charge in [-0.1, -0.05) is 12.1 Å². The Bertz CT molecular complexity index is 881. The van der Waals surface area contributed by atoms with Crippen LogP contribution in [0.2, 0.25) is 0 Å². The standard InChI is InChI=1S/C20H20N2O6/c1-2-27-18-6-4-3-5-17(18)21-12-15(11-19(21)23)20(24)28-13-14-7-9-16(10-8-14)22(25)26/h3-10,15H,2,11-13H2,1H3. The Morgan fingerprint density at radius 3 is 2.61 bits per heavy atom. The summed E-state index contributed by atoms with van der Waals surface area (Å²) >= 11 is 0. The minimum atomic E-state index is -0.569. The fourth-order valence-corrected chi connectivity index (χ4v) is 3.04. The van der Waals surface area contributed by atoms with E-state index in [-0.39, 0.29) is 31.2 Å². The lowest BCUT2D eigenvalue weighted by Crippen LogP contribution is -2.27. The SMILES string of the molecule is CCOc1ccccc1N1CC(C(=O)OCc2ccc([N+](=O)[O-])cc2)CC1=O. The van der Waals surface area contributed by atoms with E-state index in [1.165, 1.54) is 24.3 Å². The number of benzene rings is 2. The number of ether oxygens (including phenoxy) is 2. The second-order valence-corrected chi connectivity index (χ2v) is 6.34. The molecule has 0 radical (unpaired) electrons. The van der Waals surface area contributed by atoms with Crippen molar-refractivity contribution in [3.63, 3.8) is 0 Å². The number of rotatable bonds is 7. The zero-order valence-electron chi connectivity index (χ0n) is 15.4. The lowest BCUT2D eigenvalue weighted by atomic mass is 10.1. The van der Waals surface area contributed by atoms with Crippen molar-refractivity contribution in [2.24, 2.45) is 5.92 Å². The quantitative estimate of drug-likeness (QED) is 0.413. The zero-order chi connectivity index (χ0) is 20.1. The zero-order valence-corrected chi connectivity index (χ0v) is 15.4. The summed E-state index contributed by atoms with van der Waals surface area (Å²) in [5.74, 6) is -0.606. The first-order valence-corrected chi connectivity index (χ1v) is 8.91. The molecular weight excluding hydrogens is 364 g/mol. The van der Waals surface area contributed by atoms with Crippen molar-refractivity contribution in [1.82, 2.24) is 0 Å². The van der Waals surface area contributed by atoms with Gasteiger partial charge in [0.05, 0.1) is 23.1 Å². The molecule has 0 bridgehead atoms. The van der Waals surface area contributed by atoms with E-state index >= 15 is 0 Å². The number of anilines is 1. The van der Waals surface area contributed by atoms with Gasteiger partial charge in [-0.05, 0) is 36.8 Å². The highest BCUT2D eigenvalue weighted by Gasteiger charge is 2.37. The van der Waals surface area contributed by atoms with E-state index in [9.17, 15) is 19.7 Å². The third kappa shape index (κ3) is 4.28. The Hall–Kier alpha value is -3.42. The summed E-state index contributed by atoms with van der Waals surface area (Å²) in [6, 6.07) is 13.0. The fourth-order valence-electron chi connectivity index (χ4n) is 3.04. The van der Waals surface area contributed by atoms with Crippen LogP contribution < -0.4 is 9.64 Å². The molecule has 0 aliphatic carbocycles. The molecule has 1 saturated heterocycles. The van der Waals surface area contributed by atoms with E-state index in [1.807, 2.05) is 19.1 Å². The number of nitro benzene ring substituents is 1. The molecule has 2 aromatic carbocycles. The van der Waals surface area contributed by atoms with Crippen LogP contribution in [-0.4, -0.2) is 30.0 Å².